The number of sulfonamides is 1. The van der Waals surface area contributed by atoms with E-state index < -0.39 is 10.0 Å². The maximum Gasteiger partial charge on any atom is 0.243 e. The van der Waals surface area contributed by atoms with Crippen molar-refractivity contribution in [2.24, 2.45) is 11.8 Å². The van der Waals surface area contributed by atoms with Crippen LogP contribution in [0.25, 0.3) is 0 Å². The lowest BCUT2D eigenvalue weighted by Gasteiger charge is -2.26. The second-order valence-electron chi connectivity index (χ2n) is 5.17. The molecule has 2 atom stereocenters. The zero-order chi connectivity index (χ0) is 12.9. The van der Waals surface area contributed by atoms with Gasteiger partial charge in [-0.25, -0.2) is 8.42 Å². The van der Waals surface area contributed by atoms with E-state index in [0.29, 0.717) is 24.4 Å². The number of Topliss-reactive ketones (excluding diaryl/α,β-unsaturated/α-hetero) is 1. The Morgan fingerprint density at radius 3 is 2.39 bits per heavy atom. The molecule has 5 heteroatoms. The maximum absolute atomic E-state index is 12.4. The van der Waals surface area contributed by atoms with Crippen molar-refractivity contribution in [2.45, 2.75) is 18.2 Å². The van der Waals surface area contributed by atoms with Crippen LogP contribution in [0, 0.1) is 18.8 Å². The van der Waals surface area contributed by atoms with E-state index in [4.69, 9.17) is 0 Å². The summed E-state index contributed by atoms with van der Waals surface area (Å²) in [6, 6.07) is 6.85. The number of ketones is 1. The molecule has 1 aromatic rings. The summed E-state index contributed by atoms with van der Waals surface area (Å²) in [5.74, 6) is 0.407. The summed E-state index contributed by atoms with van der Waals surface area (Å²) in [4.78, 5) is 11.7. The molecule has 1 aromatic carbocycles. The first-order valence-electron chi connectivity index (χ1n) is 6.08. The highest BCUT2D eigenvalue weighted by molar-refractivity contribution is 7.89. The molecule has 4 nitrogen and oxygen atoms in total. The van der Waals surface area contributed by atoms with Gasteiger partial charge in [-0.3, -0.25) is 4.79 Å². The van der Waals surface area contributed by atoms with Gasteiger partial charge in [-0.2, -0.15) is 4.31 Å². The molecular formula is C13H15NO3S. The Bertz CT molecular complexity index is 591. The summed E-state index contributed by atoms with van der Waals surface area (Å²) in [7, 11) is -3.42. The van der Waals surface area contributed by atoms with Crippen molar-refractivity contribution < 1.29 is 13.2 Å². The molecule has 1 heterocycles. The van der Waals surface area contributed by atoms with Gasteiger partial charge in [0, 0.05) is 25.4 Å². The molecule has 2 aliphatic rings. The first kappa shape index (κ1) is 11.9. The normalized spacial score (nSPS) is 27.9. The lowest BCUT2D eigenvalue weighted by atomic mass is 9.75. The molecular weight excluding hydrogens is 250 g/mol. The van der Waals surface area contributed by atoms with E-state index in [1.165, 1.54) is 4.31 Å². The highest BCUT2D eigenvalue weighted by atomic mass is 32.2. The zero-order valence-corrected chi connectivity index (χ0v) is 11.0. The second kappa shape index (κ2) is 3.90. The van der Waals surface area contributed by atoms with E-state index in [9.17, 15) is 13.2 Å². The molecule has 0 aromatic heterocycles. The fraction of sp³-hybridized carbons (Fsp3) is 0.462. The van der Waals surface area contributed by atoms with Gasteiger partial charge >= 0.3 is 0 Å². The minimum Gasteiger partial charge on any atom is -0.299 e. The first-order chi connectivity index (χ1) is 8.48. The minimum atomic E-state index is -3.42. The Labute approximate surface area is 107 Å². The predicted octanol–water partition coefficient (Wildman–Crippen LogP) is 1.20. The van der Waals surface area contributed by atoms with E-state index >= 15 is 0 Å². The topological polar surface area (TPSA) is 54.5 Å². The molecule has 0 amide bonds. The van der Waals surface area contributed by atoms with Crippen molar-refractivity contribution in [3.8, 4) is 0 Å². The number of hydrogen-bond acceptors (Lipinski definition) is 3. The molecule has 2 fully saturated rings. The highest BCUT2D eigenvalue weighted by Crippen LogP contribution is 2.39. The number of aryl methyl sites for hydroxylation is 1. The Morgan fingerprint density at radius 2 is 1.83 bits per heavy atom. The summed E-state index contributed by atoms with van der Waals surface area (Å²) in [6.45, 7) is 2.78. The van der Waals surface area contributed by atoms with Crippen LogP contribution in [0.3, 0.4) is 0 Å². The van der Waals surface area contributed by atoms with Crippen molar-refractivity contribution in [2.75, 3.05) is 13.1 Å². The number of benzene rings is 1. The van der Waals surface area contributed by atoms with Crippen LogP contribution >= 0.6 is 0 Å². The third-order valence-corrected chi connectivity index (χ3v) is 5.79. The molecule has 0 bridgehead atoms. The van der Waals surface area contributed by atoms with E-state index in [1.54, 1.807) is 24.3 Å². The van der Waals surface area contributed by atoms with Crippen molar-refractivity contribution in [1.82, 2.24) is 4.31 Å². The van der Waals surface area contributed by atoms with E-state index in [0.717, 1.165) is 5.56 Å². The Morgan fingerprint density at radius 1 is 1.17 bits per heavy atom. The Balaban J connectivity index is 1.87. The molecule has 1 saturated carbocycles. The molecule has 0 unspecified atom stereocenters. The molecule has 1 aliphatic carbocycles. The van der Waals surface area contributed by atoms with Gasteiger partial charge in [-0.05, 0) is 25.0 Å². The van der Waals surface area contributed by atoms with Crippen molar-refractivity contribution in [3.63, 3.8) is 0 Å². The zero-order valence-electron chi connectivity index (χ0n) is 10.2. The van der Waals surface area contributed by atoms with Crippen LogP contribution in [-0.4, -0.2) is 31.6 Å². The summed E-state index contributed by atoms with van der Waals surface area (Å²) >= 11 is 0. The first-order valence-corrected chi connectivity index (χ1v) is 7.52. The van der Waals surface area contributed by atoms with E-state index in [2.05, 4.69) is 0 Å². The van der Waals surface area contributed by atoms with Crippen molar-refractivity contribution in [1.29, 1.82) is 0 Å². The number of fused-ring (bicyclic) bond motifs is 1. The fourth-order valence-corrected chi connectivity index (χ4v) is 4.23. The van der Waals surface area contributed by atoms with E-state index in [1.807, 2.05) is 6.92 Å². The van der Waals surface area contributed by atoms with Gasteiger partial charge < -0.3 is 0 Å². The summed E-state index contributed by atoms with van der Waals surface area (Å²) in [5.41, 5.74) is 1.03. The van der Waals surface area contributed by atoms with Crippen molar-refractivity contribution >= 4 is 15.8 Å². The number of hydrogen-bond donors (Lipinski definition) is 0. The van der Waals surface area contributed by atoms with Crippen LogP contribution in [0.1, 0.15) is 12.0 Å². The molecule has 1 saturated heterocycles. The number of nitrogens with zero attached hydrogens (tertiary/aromatic N) is 1. The van der Waals surface area contributed by atoms with Gasteiger partial charge in [0.15, 0.2) is 0 Å². The fourth-order valence-electron chi connectivity index (χ4n) is 2.71. The lowest BCUT2D eigenvalue weighted by Crippen LogP contribution is -2.35. The number of carbonyl (C=O) groups excluding carboxylic acids is 1. The lowest BCUT2D eigenvalue weighted by molar-refractivity contribution is -0.131. The Hall–Kier alpha value is -1.20. The van der Waals surface area contributed by atoms with Crippen LogP contribution in [0.15, 0.2) is 29.2 Å². The summed E-state index contributed by atoms with van der Waals surface area (Å²) in [5, 5.41) is 0. The average Bonchev–Trinajstić information content (AvgIpc) is 2.67. The minimum absolute atomic E-state index is 0.0507. The Kier molecular flexibility index (Phi) is 2.57. The van der Waals surface area contributed by atoms with Crippen LogP contribution in [0.2, 0.25) is 0 Å². The maximum atomic E-state index is 12.4. The molecule has 18 heavy (non-hydrogen) atoms. The molecule has 0 spiro atoms. The van der Waals surface area contributed by atoms with Crippen LogP contribution in [-0.2, 0) is 14.8 Å². The van der Waals surface area contributed by atoms with Gasteiger partial charge in [0.1, 0.15) is 5.78 Å². The van der Waals surface area contributed by atoms with Crippen LogP contribution in [0.5, 0.6) is 0 Å². The number of rotatable bonds is 2. The third kappa shape index (κ3) is 1.69. The summed E-state index contributed by atoms with van der Waals surface area (Å²) in [6.07, 6.45) is 0.546. The van der Waals surface area contributed by atoms with E-state index in [-0.39, 0.29) is 17.6 Å². The van der Waals surface area contributed by atoms with Crippen molar-refractivity contribution in [3.05, 3.63) is 29.8 Å². The highest BCUT2D eigenvalue weighted by Gasteiger charge is 2.49. The SMILES string of the molecule is Cc1ccc(S(=O)(=O)N2C[C@@H]3CC(=O)[C@@H]3C2)cc1. The number of carbonyl (C=O) groups is 1. The molecule has 1 aliphatic heterocycles. The van der Waals surface area contributed by atoms with Crippen LogP contribution < -0.4 is 0 Å². The standard InChI is InChI=1S/C13H15NO3S/c1-9-2-4-11(5-3-9)18(16,17)14-7-10-6-13(15)12(10)8-14/h2-5,10,12H,6-8H2,1H3/t10-,12+/m0/s1. The molecule has 0 N–H and O–H groups in total. The molecule has 96 valence electrons. The van der Waals surface area contributed by atoms with Gasteiger partial charge in [0.05, 0.1) is 4.90 Å². The smallest absolute Gasteiger partial charge is 0.243 e. The molecule has 3 rings (SSSR count). The predicted molar refractivity (Wildman–Crippen MR) is 66.5 cm³/mol. The largest absolute Gasteiger partial charge is 0.299 e. The monoisotopic (exact) mass is 265 g/mol. The second-order valence-corrected chi connectivity index (χ2v) is 7.11. The van der Waals surface area contributed by atoms with Gasteiger partial charge in [-0.15, -0.1) is 0 Å². The van der Waals surface area contributed by atoms with Gasteiger partial charge in [-0.1, -0.05) is 17.7 Å². The van der Waals surface area contributed by atoms with Crippen LogP contribution in [0.4, 0.5) is 0 Å². The third-order valence-electron chi connectivity index (χ3n) is 3.94. The average molecular weight is 265 g/mol. The molecule has 0 radical (unpaired) electrons. The summed E-state index contributed by atoms with van der Waals surface area (Å²) < 4.78 is 26.2. The quantitative estimate of drug-likeness (QED) is 0.807. The van der Waals surface area contributed by atoms with Gasteiger partial charge in [0.25, 0.3) is 0 Å². The van der Waals surface area contributed by atoms with Gasteiger partial charge in [0.2, 0.25) is 10.0 Å².